The van der Waals surface area contributed by atoms with Crippen LogP contribution in [0, 0.1) is 0 Å². The van der Waals surface area contributed by atoms with Crippen molar-refractivity contribution in [3.8, 4) is 0 Å². The van der Waals surface area contributed by atoms with Crippen molar-refractivity contribution in [2.45, 2.75) is 6.43 Å². The summed E-state index contributed by atoms with van der Waals surface area (Å²) in [7, 11) is 0. The van der Waals surface area contributed by atoms with E-state index in [1.54, 1.807) is 0 Å². The van der Waals surface area contributed by atoms with Gasteiger partial charge in [-0.2, -0.15) is 4.99 Å². The van der Waals surface area contributed by atoms with Gasteiger partial charge in [0.15, 0.2) is 0 Å². The molecule has 1 aromatic rings. The van der Waals surface area contributed by atoms with E-state index in [1.165, 1.54) is 18.3 Å². The maximum absolute atomic E-state index is 12.0. The number of thiocarbonyl (C=S) groups is 1. The fourth-order valence-corrected chi connectivity index (χ4v) is 0.751. The van der Waals surface area contributed by atoms with Crippen molar-refractivity contribution in [2.75, 3.05) is 0 Å². The van der Waals surface area contributed by atoms with E-state index in [2.05, 4.69) is 27.4 Å². The molecule has 2 nitrogen and oxygen atoms in total. The molecule has 1 aromatic heterocycles. The van der Waals surface area contributed by atoms with Gasteiger partial charge in [-0.05, 0) is 24.4 Å². The summed E-state index contributed by atoms with van der Waals surface area (Å²) in [6.45, 7) is 0. The van der Waals surface area contributed by atoms with Crippen LogP contribution in [0.1, 0.15) is 12.1 Å². The molecule has 0 bridgehead atoms. The molecule has 0 saturated heterocycles. The Morgan fingerprint density at radius 3 is 2.67 bits per heavy atom. The van der Waals surface area contributed by atoms with Crippen LogP contribution < -0.4 is 0 Å². The second-order valence-corrected chi connectivity index (χ2v) is 2.13. The maximum Gasteiger partial charge on any atom is 0.280 e. The molecule has 5 heteroatoms. The van der Waals surface area contributed by atoms with E-state index in [0.29, 0.717) is 5.69 Å². The van der Waals surface area contributed by atoms with Gasteiger partial charge in [0, 0.05) is 0 Å². The molecule has 0 fully saturated rings. The van der Waals surface area contributed by atoms with Gasteiger partial charge >= 0.3 is 0 Å². The van der Waals surface area contributed by atoms with E-state index < -0.39 is 6.43 Å². The van der Waals surface area contributed by atoms with Gasteiger partial charge in [0.25, 0.3) is 6.43 Å². The number of alkyl halides is 2. The number of aromatic nitrogens is 1. The Bertz CT molecular complexity index is 304. The maximum atomic E-state index is 12.0. The topological polar surface area (TPSA) is 25.2 Å². The number of nitrogens with zero attached hydrogens (tertiary/aromatic N) is 2. The lowest BCUT2D eigenvalue weighted by atomic mass is 10.3. The van der Waals surface area contributed by atoms with E-state index in [1.807, 2.05) is 0 Å². The van der Waals surface area contributed by atoms with Gasteiger partial charge in [0.1, 0.15) is 5.69 Å². The third-order valence-corrected chi connectivity index (χ3v) is 1.26. The molecule has 0 spiro atoms. The molecule has 62 valence electrons. The van der Waals surface area contributed by atoms with E-state index in [-0.39, 0.29) is 5.69 Å². The van der Waals surface area contributed by atoms with Crippen LogP contribution in [0.4, 0.5) is 14.5 Å². The smallest absolute Gasteiger partial charge is 0.253 e. The minimum atomic E-state index is -2.55. The van der Waals surface area contributed by atoms with Gasteiger partial charge in [0.2, 0.25) is 0 Å². The van der Waals surface area contributed by atoms with Crippen LogP contribution in [-0.4, -0.2) is 10.1 Å². The number of pyridine rings is 1. The first-order valence-electron chi connectivity index (χ1n) is 3.06. The predicted molar refractivity (Wildman–Crippen MR) is 43.9 cm³/mol. The highest BCUT2D eigenvalue weighted by atomic mass is 32.1. The average Bonchev–Trinajstić information content (AvgIpc) is 2.06. The lowest BCUT2D eigenvalue weighted by Gasteiger charge is -1.96. The minimum Gasteiger partial charge on any atom is -0.253 e. The molecule has 1 heterocycles. The second-order valence-electron chi connectivity index (χ2n) is 1.95. The molecule has 0 radical (unpaired) electrons. The molecule has 0 aliphatic rings. The molecule has 0 saturated carbocycles. The highest BCUT2D eigenvalue weighted by Crippen LogP contribution is 2.18. The Hall–Kier alpha value is -1.19. The molecule has 0 aliphatic heterocycles. The first-order valence-corrected chi connectivity index (χ1v) is 3.47. The Balaban J connectivity index is 2.92. The monoisotopic (exact) mass is 186 g/mol. The van der Waals surface area contributed by atoms with Crippen molar-refractivity contribution >= 4 is 23.1 Å². The largest absolute Gasteiger partial charge is 0.280 e. The van der Waals surface area contributed by atoms with Crippen LogP contribution in [0.3, 0.4) is 0 Å². The number of isothiocyanates is 1. The number of hydrogen-bond donors (Lipinski definition) is 0. The zero-order valence-electron chi connectivity index (χ0n) is 5.87. The molecule has 0 atom stereocenters. The summed E-state index contributed by atoms with van der Waals surface area (Å²) >= 11 is 4.33. The summed E-state index contributed by atoms with van der Waals surface area (Å²) in [6.07, 6.45) is -1.32. The Kier molecular flexibility index (Phi) is 2.96. The van der Waals surface area contributed by atoms with Crippen molar-refractivity contribution in [1.82, 2.24) is 4.98 Å². The first kappa shape index (κ1) is 8.90. The Labute approximate surface area is 73.0 Å². The number of rotatable bonds is 2. The van der Waals surface area contributed by atoms with E-state index in [9.17, 15) is 8.78 Å². The molecule has 0 unspecified atom stereocenters. The van der Waals surface area contributed by atoms with Gasteiger partial charge in [-0.3, -0.25) is 4.98 Å². The summed E-state index contributed by atoms with van der Waals surface area (Å²) in [5.41, 5.74) is 0.160. The molecule has 0 aliphatic carbocycles. The molecular formula is C7H4F2N2S. The lowest BCUT2D eigenvalue weighted by molar-refractivity contribution is 0.146. The fourth-order valence-electron chi connectivity index (χ4n) is 0.645. The van der Waals surface area contributed by atoms with Crippen LogP contribution in [0.25, 0.3) is 0 Å². The van der Waals surface area contributed by atoms with Gasteiger partial charge < -0.3 is 0 Å². The summed E-state index contributed by atoms with van der Waals surface area (Å²) in [5, 5.41) is 2.11. The summed E-state index contributed by atoms with van der Waals surface area (Å²) in [6, 6.07) is 2.62. The molecule has 0 amide bonds. The predicted octanol–water partition coefficient (Wildman–Crippen LogP) is 2.75. The van der Waals surface area contributed by atoms with Crippen molar-refractivity contribution in [3.05, 3.63) is 24.0 Å². The third kappa shape index (κ3) is 2.15. The van der Waals surface area contributed by atoms with E-state index in [0.717, 1.165) is 0 Å². The Morgan fingerprint density at radius 2 is 2.25 bits per heavy atom. The summed E-state index contributed by atoms with van der Waals surface area (Å²) in [4.78, 5) is 7.03. The second kappa shape index (κ2) is 3.99. The normalized spacial score (nSPS) is 9.58. The summed E-state index contributed by atoms with van der Waals surface area (Å²) in [5.74, 6) is 0. The zero-order valence-corrected chi connectivity index (χ0v) is 6.68. The fraction of sp³-hybridized carbons (Fsp3) is 0.143. The van der Waals surface area contributed by atoms with Crippen LogP contribution >= 0.6 is 12.2 Å². The lowest BCUT2D eigenvalue weighted by Crippen LogP contribution is -1.86. The van der Waals surface area contributed by atoms with Crippen LogP contribution in [0.5, 0.6) is 0 Å². The van der Waals surface area contributed by atoms with E-state index in [4.69, 9.17) is 0 Å². The minimum absolute atomic E-state index is 0.265. The van der Waals surface area contributed by atoms with Crippen molar-refractivity contribution in [1.29, 1.82) is 0 Å². The standard InChI is InChI=1S/C7H4F2N2S/c8-7(9)6-2-1-5(3-10-6)11-4-12/h1-3,7H. The van der Waals surface area contributed by atoms with E-state index >= 15 is 0 Å². The zero-order chi connectivity index (χ0) is 8.97. The number of hydrogen-bond acceptors (Lipinski definition) is 3. The van der Waals surface area contributed by atoms with Gasteiger partial charge in [-0.1, -0.05) is 0 Å². The quantitative estimate of drug-likeness (QED) is 0.524. The number of halogens is 2. The molecule has 0 aromatic carbocycles. The van der Waals surface area contributed by atoms with Crippen LogP contribution in [-0.2, 0) is 0 Å². The SMILES string of the molecule is FC(F)c1ccc(N=C=S)cn1. The summed E-state index contributed by atoms with van der Waals surface area (Å²) < 4.78 is 23.9. The third-order valence-electron chi connectivity index (χ3n) is 1.17. The molecule has 1 rings (SSSR count). The Morgan fingerprint density at radius 1 is 1.50 bits per heavy atom. The molecule has 0 N–H and O–H groups in total. The highest BCUT2D eigenvalue weighted by molar-refractivity contribution is 7.78. The van der Waals surface area contributed by atoms with Gasteiger partial charge in [-0.25, -0.2) is 8.78 Å². The van der Waals surface area contributed by atoms with Crippen molar-refractivity contribution in [3.63, 3.8) is 0 Å². The van der Waals surface area contributed by atoms with Crippen molar-refractivity contribution in [2.24, 2.45) is 4.99 Å². The average molecular weight is 186 g/mol. The van der Waals surface area contributed by atoms with Crippen LogP contribution in [0.2, 0.25) is 0 Å². The number of aliphatic imine (C=N–C) groups is 1. The van der Waals surface area contributed by atoms with Gasteiger partial charge in [-0.15, -0.1) is 0 Å². The van der Waals surface area contributed by atoms with Gasteiger partial charge in [0.05, 0.1) is 17.0 Å². The molecular weight excluding hydrogens is 182 g/mol. The van der Waals surface area contributed by atoms with Crippen molar-refractivity contribution < 1.29 is 8.78 Å². The molecule has 12 heavy (non-hydrogen) atoms. The highest BCUT2D eigenvalue weighted by Gasteiger charge is 2.06. The van der Waals surface area contributed by atoms with Crippen LogP contribution in [0.15, 0.2) is 23.3 Å². The first-order chi connectivity index (χ1) is 5.74.